The van der Waals surface area contributed by atoms with Crippen LogP contribution in [0.3, 0.4) is 0 Å². The lowest BCUT2D eigenvalue weighted by molar-refractivity contribution is 0.321. The van der Waals surface area contributed by atoms with Gasteiger partial charge in [0.2, 0.25) is 5.75 Å². The summed E-state index contributed by atoms with van der Waals surface area (Å²) in [6, 6.07) is 9.82. The Bertz CT molecular complexity index is 718. The molecule has 0 saturated carbocycles. The van der Waals surface area contributed by atoms with E-state index in [1.54, 1.807) is 35.5 Å². The zero-order chi connectivity index (χ0) is 18.9. The van der Waals surface area contributed by atoms with E-state index in [0.29, 0.717) is 23.8 Å². The minimum atomic E-state index is 0.606. The number of ether oxygens (including phenoxy) is 5. The smallest absolute Gasteiger partial charge is 0.203 e. The van der Waals surface area contributed by atoms with Crippen molar-refractivity contribution in [2.24, 2.45) is 0 Å². The molecule has 2 aromatic rings. The van der Waals surface area contributed by atoms with Crippen molar-refractivity contribution in [1.82, 2.24) is 5.32 Å². The highest BCUT2D eigenvalue weighted by Gasteiger charge is 2.15. The predicted molar refractivity (Wildman–Crippen MR) is 101 cm³/mol. The topological polar surface area (TPSA) is 58.2 Å². The molecule has 2 aromatic carbocycles. The zero-order valence-electron chi connectivity index (χ0n) is 16.0. The van der Waals surface area contributed by atoms with Gasteiger partial charge in [-0.05, 0) is 36.7 Å². The molecular formula is C20H27NO5. The van der Waals surface area contributed by atoms with Gasteiger partial charge in [0.25, 0.3) is 0 Å². The van der Waals surface area contributed by atoms with Crippen molar-refractivity contribution < 1.29 is 23.7 Å². The SMILES string of the molecule is COc1ccc(CCNCc2ccc(OC)c(OC)c2OC)cc1OC. The van der Waals surface area contributed by atoms with E-state index >= 15 is 0 Å². The van der Waals surface area contributed by atoms with Crippen molar-refractivity contribution in [1.29, 1.82) is 0 Å². The molecule has 6 nitrogen and oxygen atoms in total. The number of rotatable bonds is 10. The maximum absolute atomic E-state index is 5.51. The Labute approximate surface area is 155 Å². The Hall–Kier alpha value is -2.60. The van der Waals surface area contributed by atoms with Crippen LogP contribution < -0.4 is 29.0 Å². The van der Waals surface area contributed by atoms with Crippen LogP contribution in [0.5, 0.6) is 28.7 Å². The van der Waals surface area contributed by atoms with Crippen LogP contribution in [0.15, 0.2) is 30.3 Å². The highest BCUT2D eigenvalue weighted by Crippen LogP contribution is 2.39. The van der Waals surface area contributed by atoms with E-state index in [9.17, 15) is 0 Å². The maximum Gasteiger partial charge on any atom is 0.203 e. The molecule has 0 aliphatic carbocycles. The number of methoxy groups -OCH3 is 5. The molecule has 0 aromatic heterocycles. The van der Waals surface area contributed by atoms with E-state index in [1.165, 1.54) is 5.56 Å². The summed E-state index contributed by atoms with van der Waals surface area (Å²) in [6.45, 7) is 1.48. The van der Waals surface area contributed by atoms with Gasteiger partial charge >= 0.3 is 0 Å². The van der Waals surface area contributed by atoms with Gasteiger partial charge in [-0.1, -0.05) is 12.1 Å². The van der Waals surface area contributed by atoms with Gasteiger partial charge in [-0.15, -0.1) is 0 Å². The molecule has 0 bridgehead atoms. The quantitative estimate of drug-likeness (QED) is 0.657. The molecule has 0 aliphatic heterocycles. The van der Waals surface area contributed by atoms with E-state index < -0.39 is 0 Å². The van der Waals surface area contributed by atoms with Gasteiger partial charge in [-0.3, -0.25) is 0 Å². The van der Waals surface area contributed by atoms with Crippen LogP contribution >= 0.6 is 0 Å². The Balaban J connectivity index is 1.98. The van der Waals surface area contributed by atoms with Crippen LogP contribution in [0, 0.1) is 0 Å². The van der Waals surface area contributed by atoms with E-state index in [1.807, 2.05) is 30.3 Å². The third kappa shape index (κ3) is 4.52. The largest absolute Gasteiger partial charge is 0.493 e. The van der Waals surface area contributed by atoms with Crippen molar-refractivity contribution in [2.75, 3.05) is 42.1 Å². The molecule has 0 spiro atoms. The molecule has 26 heavy (non-hydrogen) atoms. The van der Waals surface area contributed by atoms with Crippen molar-refractivity contribution in [2.45, 2.75) is 13.0 Å². The summed E-state index contributed by atoms with van der Waals surface area (Å²) in [5.74, 6) is 3.42. The molecule has 0 aliphatic rings. The molecule has 1 N–H and O–H groups in total. The summed E-state index contributed by atoms with van der Waals surface area (Å²) in [5.41, 5.74) is 2.19. The van der Waals surface area contributed by atoms with Gasteiger partial charge in [0, 0.05) is 12.1 Å². The molecule has 0 saturated heterocycles. The van der Waals surface area contributed by atoms with Crippen molar-refractivity contribution in [3.05, 3.63) is 41.5 Å². The monoisotopic (exact) mass is 361 g/mol. The summed E-state index contributed by atoms with van der Waals surface area (Å²) < 4.78 is 26.8. The second kappa shape index (κ2) is 9.77. The van der Waals surface area contributed by atoms with E-state index in [4.69, 9.17) is 23.7 Å². The molecule has 6 heteroatoms. The normalized spacial score (nSPS) is 10.3. The first kappa shape index (κ1) is 19.7. The highest BCUT2D eigenvalue weighted by atomic mass is 16.5. The van der Waals surface area contributed by atoms with Gasteiger partial charge in [0.15, 0.2) is 23.0 Å². The lowest BCUT2D eigenvalue weighted by Crippen LogP contribution is -2.17. The van der Waals surface area contributed by atoms with Gasteiger partial charge in [0.1, 0.15) is 0 Å². The molecular weight excluding hydrogens is 334 g/mol. The predicted octanol–water partition coefficient (Wildman–Crippen LogP) is 3.06. The van der Waals surface area contributed by atoms with Crippen LogP contribution in [0.2, 0.25) is 0 Å². The van der Waals surface area contributed by atoms with Crippen LogP contribution in [-0.4, -0.2) is 42.1 Å². The minimum absolute atomic E-state index is 0.606. The zero-order valence-corrected chi connectivity index (χ0v) is 16.0. The average molecular weight is 361 g/mol. The lowest BCUT2D eigenvalue weighted by Gasteiger charge is -2.16. The fourth-order valence-electron chi connectivity index (χ4n) is 2.79. The molecule has 0 radical (unpaired) electrons. The summed E-state index contributed by atoms with van der Waals surface area (Å²) in [6.07, 6.45) is 0.871. The molecule has 0 fully saturated rings. The standard InChI is InChI=1S/C20H27NO5/c1-22-16-8-6-14(12-18(16)24-3)10-11-21-13-15-7-9-17(23-2)20(26-5)19(15)25-4/h6-9,12,21H,10-11,13H2,1-5H3. The summed E-state index contributed by atoms with van der Waals surface area (Å²) in [4.78, 5) is 0. The number of nitrogens with one attached hydrogen (secondary N) is 1. The Kier molecular flexibility index (Phi) is 7.41. The minimum Gasteiger partial charge on any atom is -0.493 e. The number of benzene rings is 2. The van der Waals surface area contributed by atoms with Gasteiger partial charge < -0.3 is 29.0 Å². The lowest BCUT2D eigenvalue weighted by atomic mass is 10.1. The van der Waals surface area contributed by atoms with Gasteiger partial charge in [0.05, 0.1) is 35.5 Å². The highest BCUT2D eigenvalue weighted by molar-refractivity contribution is 5.55. The third-order valence-electron chi connectivity index (χ3n) is 4.14. The maximum atomic E-state index is 5.51. The van der Waals surface area contributed by atoms with Crippen LogP contribution in [0.25, 0.3) is 0 Å². The third-order valence-corrected chi connectivity index (χ3v) is 4.14. The first-order valence-electron chi connectivity index (χ1n) is 8.37. The molecule has 0 amide bonds. The first-order chi connectivity index (χ1) is 12.7. The molecule has 0 unspecified atom stereocenters. The molecule has 142 valence electrons. The average Bonchev–Trinajstić information content (AvgIpc) is 2.69. The molecule has 0 atom stereocenters. The van der Waals surface area contributed by atoms with Gasteiger partial charge in [-0.2, -0.15) is 0 Å². The summed E-state index contributed by atoms with van der Waals surface area (Å²) in [5, 5.41) is 3.43. The number of hydrogen-bond acceptors (Lipinski definition) is 6. The van der Waals surface area contributed by atoms with E-state index in [-0.39, 0.29) is 0 Å². The molecule has 2 rings (SSSR count). The Morgan fingerprint density at radius 3 is 1.96 bits per heavy atom. The van der Waals surface area contributed by atoms with E-state index in [2.05, 4.69) is 5.32 Å². The van der Waals surface area contributed by atoms with Crippen LogP contribution in [0.1, 0.15) is 11.1 Å². The first-order valence-corrected chi connectivity index (χ1v) is 8.37. The van der Waals surface area contributed by atoms with E-state index in [0.717, 1.165) is 30.0 Å². The summed E-state index contributed by atoms with van der Waals surface area (Å²) in [7, 11) is 8.12. The van der Waals surface area contributed by atoms with Crippen LogP contribution in [0.4, 0.5) is 0 Å². The van der Waals surface area contributed by atoms with Gasteiger partial charge in [-0.25, -0.2) is 0 Å². The fourth-order valence-corrected chi connectivity index (χ4v) is 2.79. The second-order valence-corrected chi connectivity index (χ2v) is 5.61. The van der Waals surface area contributed by atoms with Crippen molar-refractivity contribution >= 4 is 0 Å². The number of hydrogen-bond donors (Lipinski definition) is 1. The second-order valence-electron chi connectivity index (χ2n) is 5.61. The Morgan fingerprint density at radius 2 is 1.35 bits per heavy atom. The molecule has 0 heterocycles. The van der Waals surface area contributed by atoms with Crippen molar-refractivity contribution in [3.8, 4) is 28.7 Å². The van der Waals surface area contributed by atoms with Crippen LogP contribution in [-0.2, 0) is 13.0 Å². The van der Waals surface area contributed by atoms with Crippen molar-refractivity contribution in [3.63, 3.8) is 0 Å². The fraction of sp³-hybridized carbons (Fsp3) is 0.400. The summed E-state index contributed by atoms with van der Waals surface area (Å²) >= 11 is 0. The Morgan fingerprint density at radius 1 is 0.692 bits per heavy atom.